The number of para-hydroxylation sites is 2. The summed E-state index contributed by atoms with van der Waals surface area (Å²) in [5.74, 6) is -1.26. The molecule has 44 heavy (non-hydrogen) atoms. The maximum atomic E-state index is 13.3. The van der Waals surface area contributed by atoms with Crippen molar-refractivity contribution in [1.29, 1.82) is 0 Å². The lowest BCUT2D eigenvalue weighted by Gasteiger charge is -2.22. The van der Waals surface area contributed by atoms with Crippen molar-refractivity contribution in [1.82, 2.24) is 19.8 Å². The number of carbonyl (C=O) groups excluding carboxylic acids is 4. The lowest BCUT2D eigenvalue weighted by molar-refractivity contribution is -0.145. The molecule has 0 spiro atoms. The van der Waals surface area contributed by atoms with Crippen LogP contribution < -0.4 is 0 Å². The fourth-order valence-electron chi connectivity index (χ4n) is 5.84. The van der Waals surface area contributed by atoms with Gasteiger partial charge in [0.2, 0.25) is 0 Å². The van der Waals surface area contributed by atoms with Gasteiger partial charge in [0.15, 0.2) is 0 Å². The van der Waals surface area contributed by atoms with Gasteiger partial charge < -0.3 is 19.3 Å². The normalized spacial score (nSPS) is 18.1. The number of nitrogens with zero attached hydrogens (tertiary/aromatic N) is 4. The molecule has 4 aromatic rings. The van der Waals surface area contributed by atoms with Gasteiger partial charge in [0.25, 0.3) is 11.8 Å². The molecule has 6 rings (SSSR count). The maximum Gasteiger partial charge on any atom is 0.328 e. The highest BCUT2D eigenvalue weighted by Gasteiger charge is 2.36. The van der Waals surface area contributed by atoms with Crippen LogP contribution in [0.2, 0.25) is 0 Å². The monoisotopic (exact) mass is 630 g/mol. The Bertz CT molecular complexity index is 1650. The van der Waals surface area contributed by atoms with Crippen LogP contribution in [0.15, 0.2) is 70.7 Å². The first kappa shape index (κ1) is 29.9. The van der Waals surface area contributed by atoms with E-state index < -0.39 is 24.0 Å². The second-order valence-corrected chi connectivity index (χ2v) is 12.8. The molecule has 2 atom stereocenters. The number of aromatic nitrogens is 2. The fourth-order valence-corrected chi connectivity index (χ4v) is 8.13. The number of ether oxygens (including phenoxy) is 2. The Hall–Kier alpha value is -4.16. The van der Waals surface area contributed by atoms with Crippen molar-refractivity contribution >= 4 is 67.1 Å². The van der Waals surface area contributed by atoms with Crippen LogP contribution in [0.1, 0.15) is 46.4 Å². The Balaban J connectivity index is 1.20. The van der Waals surface area contributed by atoms with Crippen molar-refractivity contribution in [2.45, 2.75) is 47.6 Å². The molecule has 12 heteroatoms. The molecule has 2 unspecified atom stereocenters. The van der Waals surface area contributed by atoms with Gasteiger partial charge in [-0.05, 0) is 49.9 Å². The number of pyridine rings is 2. The first-order valence-corrected chi connectivity index (χ1v) is 16.4. The average Bonchev–Trinajstić information content (AvgIpc) is 3.76. The van der Waals surface area contributed by atoms with Gasteiger partial charge in [-0.15, -0.1) is 0 Å². The first-order valence-electron chi connectivity index (χ1n) is 14.3. The second kappa shape index (κ2) is 12.8. The Kier molecular flexibility index (Phi) is 8.72. The number of rotatable bonds is 7. The minimum Gasteiger partial charge on any atom is -0.467 e. The number of methoxy groups -OCH3 is 2. The van der Waals surface area contributed by atoms with Gasteiger partial charge in [0.1, 0.15) is 12.1 Å². The SMILES string of the molecule is COC(=O)C1CCCN1C(=O)c1cnc2c(SSc3cccc4cc(C(=O)N5CCCC5C(=O)OC)cnc34)cccc2c1. The summed E-state index contributed by atoms with van der Waals surface area (Å²) in [5.41, 5.74) is 2.38. The van der Waals surface area contributed by atoms with E-state index in [0.717, 1.165) is 44.4 Å². The van der Waals surface area contributed by atoms with Crippen molar-refractivity contribution in [3.05, 3.63) is 72.1 Å². The van der Waals surface area contributed by atoms with Crippen LogP contribution >= 0.6 is 21.6 Å². The smallest absolute Gasteiger partial charge is 0.328 e. The van der Waals surface area contributed by atoms with Gasteiger partial charge in [-0.25, -0.2) is 9.59 Å². The van der Waals surface area contributed by atoms with Crippen LogP contribution in [-0.2, 0) is 19.1 Å². The lowest BCUT2D eigenvalue weighted by atomic mass is 10.1. The average molecular weight is 631 g/mol. The first-order chi connectivity index (χ1) is 21.4. The van der Waals surface area contributed by atoms with Crippen LogP contribution in [0, 0.1) is 0 Å². The van der Waals surface area contributed by atoms with Gasteiger partial charge in [-0.2, -0.15) is 0 Å². The summed E-state index contributed by atoms with van der Waals surface area (Å²) in [4.78, 5) is 65.1. The van der Waals surface area contributed by atoms with Crippen molar-refractivity contribution < 1.29 is 28.7 Å². The molecule has 0 radical (unpaired) electrons. The zero-order valence-corrected chi connectivity index (χ0v) is 25.9. The van der Waals surface area contributed by atoms with Crippen molar-refractivity contribution in [2.75, 3.05) is 27.3 Å². The van der Waals surface area contributed by atoms with Crippen molar-refractivity contribution in [3.63, 3.8) is 0 Å². The third kappa shape index (κ3) is 5.71. The molecule has 0 bridgehead atoms. The van der Waals surface area contributed by atoms with E-state index in [2.05, 4.69) is 9.97 Å². The highest BCUT2D eigenvalue weighted by atomic mass is 33.1. The number of benzene rings is 2. The van der Waals surface area contributed by atoms with Gasteiger partial charge in [-0.3, -0.25) is 19.6 Å². The molecule has 2 fully saturated rings. The zero-order valence-electron chi connectivity index (χ0n) is 24.2. The molecule has 0 N–H and O–H groups in total. The summed E-state index contributed by atoms with van der Waals surface area (Å²) in [5, 5.41) is 1.64. The predicted octanol–water partition coefficient (Wildman–Crippen LogP) is 5.14. The Labute approximate surface area is 261 Å². The largest absolute Gasteiger partial charge is 0.467 e. The topological polar surface area (TPSA) is 119 Å². The number of likely N-dealkylation sites (tertiary alicyclic amines) is 2. The fraction of sp³-hybridized carbons (Fsp3) is 0.312. The number of carbonyl (C=O) groups is 4. The molecule has 2 amide bonds. The number of fused-ring (bicyclic) bond motifs is 2. The summed E-state index contributed by atoms with van der Waals surface area (Å²) < 4.78 is 9.78. The van der Waals surface area contributed by atoms with E-state index in [1.54, 1.807) is 22.2 Å². The van der Waals surface area contributed by atoms with Crippen LogP contribution in [0.4, 0.5) is 0 Å². The number of amides is 2. The second-order valence-electron chi connectivity index (χ2n) is 10.6. The molecule has 0 saturated carbocycles. The third-order valence-electron chi connectivity index (χ3n) is 8.04. The van der Waals surface area contributed by atoms with E-state index in [1.165, 1.54) is 35.8 Å². The predicted molar refractivity (Wildman–Crippen MR) is 167 cm³/mol. The molecule has 226 valence electrons. The molecule has 2 aromatic heterocycles. The van der Waals surface area contributed by atoms with Gasteiger partial charge in [-0.1, -0.05) is 45.9 Å². The molecular formula is C32H30N4O6S2. The van der Waals surface area contributed by atoms with E-state index in [9.17, 15) is 19.2 Å². The number of hydrogen-bond donors (Lipinski definition) is 0. The van der Waals surface area contributed by atoms with Gasteiger partial charge in [0, 0.05) is 46.0 Å². The minimum atomic E-state index is -0.568. The standard InChI is InChI=1S/C32H30N4O6S2/c1-41-31(39)23-9-5-13-35(23)29(37)21-15-19-7-3-11-25(27(19)33-17-21)43-44-26-12-4-8-20-16-22(18-34-28(20)26)30(38)36-14-6-10-24(36)32(40)42-2/h3-4,7-8,11-12,15-18,23-24H,5-6,9-10,13-14H2,1-2H3. The molecular weight excluding hydrogens is 601 g/mol. The van der Waals surface area contributed by atoms with E-state index in [4.69, 9.17) is 9.47 Å². The molecule has 10 nitrogen and oxygen atoms in total. The Morgan fingerprint density at radius 3 is 1.55 bits per heavy atom. The lowest BCUT2D eigenvalue weighted by Crippen LogP contribution is -2.41. The van der Waals surface area contributed by atoms with Gasteiger partial charge >= 0.3 is 11.9 Å². The van der Waals surface area contributed by atoms with Crippen molar-refractivity contribution in [3.8, 4) is 0 Å². The van der Waals surface area contributed by atoms with Crippen molar-refractivity contribution in [2.24, 2.45) is 0 Å². The number of esters is 2. The number of hydrogen-bond acceptors (Lipinski definition) is 10. The molecule has 2 aliphatic rings. The van der Waals surface area contributed by atoms with E-state index in [1.807, 2.05) is 48.5 Å². The summed E-state index contributed by atoms with van der Waals surface area (Å²) >= 11 is 0. The summed E-state index contributed by atoms with van der Waals surface area (Å²) in [6.07, 6.45) is 5.81. The van der Waals surface area contributed by atoms with E-state index >= 15 is 0 Å². The molecule has 4 heterocycles. The van der Waals surface area contributed by atoms with Crippen LogP contribution in [0.25, 0.3) is 21.8 Å². The third-order valence-corrected chi connectivity index (χ3v) is 10.5. The van der Waals surface area contributed by atoms with Crippen LogP contribution in [0.3, 0.4) is 0 Å². The van der Waals surface area contributed by atoms with Gasteiger partial charge in [0.05, 0.1) is 36.4 Å². The zero-order chi connectivity index (χ0) is 30.8. The summed E-state index contributed by atoms with van der Waals surface area (Å²) in [6.45, 7) is 1.01. The summed E-state index contributed by atoms with van der Waals surface area (Å²) in [7, 11) is 5.74. The molecule has 2 aliphatic heterocycles. The van der Waals surface area contributed by atoms with Crippen LogP contribution in [-0.4, -0.2) is 82.9 Å². The van der Waals surface area contributed by atoms with Crippen LogP contribution in [0.5, 0.6) is 0 Å². The quantitative estimate of drug-likeness (QED) is 0.201. The molecule has 2 saturated heterocycles. The highest BCUT2D eigenvalue weighted by Crippen LogP contribution is 2.42. The minimum absolute atomic E-state index is 0.232. The Morgan fingerprint density at radius 2 is 1.14 bits per heavy atom. The Morgan fingerprint density at radius 1 is 0.705 bits per heavy atom. The highest BCUT2D eigenvalue weighted by molar-refractivity contribution is 8.76. The molecule has 0 aliphatic carbocycles. The van der Waals surface area contributed by atoms with E-state index in [-0.39, 0.29) is 11.8 Å². The van der Waals surface area contributed by atoms with E-state index in [0.29, 0.717) is 37.1 Å². The maximum absolute atomic E-state index is 13.3. The molecule has 2 aromatic carbocycles. The summed E-state index contributed by atoms with van der Waals surface area (Å²) in [6, 6.07) is 14.1.